The summed E-state index contributed by atoms with van der Waals surface area (Å²) in [5, 5.41) is 3.63. The average molecular weight is 325 g/mol. The van der Waals surface area contributed by atoms with Crippen LogP contribution >= 0.6 is 35.1 Å². The van der Waals surface area contributed by atoms with Gasteiger partial charge in [0.1, 0.15) is 0 Å². The van der Waals surface area contributed by atoms with Gasteiger partial charge in [-0.25, -0.2) is 4.98 Å². The smallest absolute Gasteiger partial charge is 0.234 e. The van der Waals surface area contributed by atoms with Gasteiger partial charge in [-0.05, 0) is 41.9 Å². The summed E-state index contributed by atoms with van der Waals surface area (Å²) in [7, 11) is 0. The highest BCUT2D eigenvalue weighted by Gasteiger charge is 2.07. The van der Waals surface area contributed by atoms with Crippen LogP contribution in [-0.2, 0) is 11.2 Å². The van der Waals surface area contributed by atoms with Gasteiger partial charge in [0.15, 0.2) is 4.34 Å². The van der Waals surface area contributed by atoms with E-state index in [2.05, 4.69) is 21.6 Å². The molecule has 0 spiro atoms. The van der Waals surface area contributed by atoms with E-state index in [0.29, 0.717) is 5.75 Å². The zero-order valence-corrected chi connectivity index (χ0v) is 13.7. The van der Waals surface area contributed by atoms with Crippen LogP contribution < -0.4 is 5.32 Å². The molecule has 20 heavy (non-hydrogen) atoms. The van der Waals surface area contributed by atoms with Crippen LogP contribution in [0.4, 0.5) is 5.69 Å². The molecule has 4 nitrogen and oxygen atoms in total. The fourth-order valence-corrected chi connectivity index (χ4v) is 3.50. The van der Waals surface area contributed by atoms with Crippen LogP contribution in [0.15, 0.2) is 33.8 Å². The number of rotatable bonds is 6. The summed E-state index contributed by atoms with van der Waals surface area (Å²) in [6.45, 7) is 2.11. The molecule has 7 heteroatoms. The van der Waals surface area contributed by atoms with Gasteiger partial charge in [0.25, 0.3) is 0 Å². The van der Waals surface area contributed by atoms with Crippen LogP contribution in [0.2, 0.25) is 0 Å². The van der Waals surface area contributed by atoms with Gasteiger partial charge in [0.05, 0.1) is 5.75 Å². The molecule has 0 unspecified atom stereocenters. The van der Waals surface area contributed by atoms with Gasteiger partial charge < -0.3 is 5.32 Å². The summed E-state index contributed by atoms with van der Waals surface area (Å²) >= 11 is 4.24. The highest BCUT2D eigenvalue weighted by molar-refractivity contribution is 8.01. The minimum Gasteiger partial charge on any atom is -0.325 e. The first-order chi connectivity index (χ1) is 9.71. The quantitative estimate of drug-likeness (QED) is 0.823. The van der Waals surface area contributed by atoms with E-state index in [1.165, 1.54) is 40.6 Å². The number of carbonyl (C=O) groups excluding carboxylic acids is 1. The Labute approximate surface area is 130 Å². The lowest BCUT2D eigenvalue weighted by atomic mass is 10.1. The number of anilines is 1. The summed E-state index contributed by atoms with van der Waals surface area (Å²) in [4.78, 5) is 16.1. The molecule has 0 saturated heterocycles. The third kappa shape index (κ3) is 4.50. The Kier molecular flexibility index (Phi) is 5.87. The molecule has 0 atom stereocenters. The average Bonchev–Trinajstić information content (AvgIpc) is 2.94. The van der Waals surface area contributed by atoms with Crippen molar-refractivity contribution in [2.45, 2.75) is 22.8 Å². The molecule has 1 amide bonds. The first-order valence-corrected chi connectivity index (χ1v) is 9.09. The van der Waals surface area contributed by atoms with Crippen molar-refractivity contribution < 1.29 is 4.79 Å². The van der Waals surface area contributed by atoms with Gasteiger partial charge in [-0.3, -0.25) is 4.79 Å². The Hall–Kier alpha value is -1.05. The SMILES string of the molecule is CCc1ccc(NC(=O)CSc2nc(SC)ns2)cc1. The number of nitrogens with zero attached hydrogens (tertiary/aromatic N) is 2. The number of carbonyl (C=O) groups is 1. The number of thioether (sulfide) groups is 2. The lowest BCUT2D eigenvalue weighted by Crippen LogP contribution is -2.13. The Morgan fingerprint density at radius 2 is 2.10 bits per heavy atom. The van der Waals surface area contributed by atoms with Gasteiger partial charge in [-0.2, -0.15) is 4.37 Å². The second kappa shape index (κ2) is 7.66. The molecule has 1 aromatic heterocycles. The number of benzene rings is 1. The molecule has 1 aromatic carbocycles. The predicted octanol–water partition coefficient (Wildman–Crippen LogP) is 3.55. The first-order valence-electron chi connectivity index (χ1n) is 6.10. The second-order valence-corrected chi connectivity index (χ2v) is 6.68. The fraction of sp³-hybridized carbons (Fsp3) is 0.308. The van der Waals surface area contributed by atoms with Crippen molar-refractivity contribution >= 4 is 46.7 Å². The zero-order chi connectivity index (χ0) is 14.4. The number of aromatic nitrogens is 2. The van der Waals surface area contributed by atoms with Crippen LogP contribution in [-0.4, -0.2) is 27.3 Å². The molecule has 106 valence electrons. The van der Waals surface area contributed by atoms with Crippen molar-refractivity contribution in [2.24, 2.45) is 0 Å². The summed E-state index contributed by atoms with van der Waals surface area (Å²) < 4.78 is 4.98. The van der Waals surface area contributed by atoms with Crippen molar-refractivity contribution in [3.05, 3.63) is 29.8 Å². The van der Waals surface area contributed by atoms with Gasteiger partial charge >= 0.3 is 0 Å². The maximum Gasteiger partial charge on any atom is 0.234 e. The minimum absolute atomic E-state index is 0.0276. The number of hydrogen-bond donors (Lipinski definition) is 1. The molecule has 0 fully saturated rings. The van der Waals surface area contributed by atoms with Crippen molar-refractivity contribution in [3.63, 3.8) is 0 Å². The molecule has 1 heterocycles. The summed E-state index contributed by atoms with van der Waals surface area (Å²) in [6, 6.07) is 7.91. The van der Waals surface area contributed by atoms with E-state index in [1.807, 2.05) is 30.5 Å². The summed E-state index contributed by atoms with van der Waals surface area (Å²) in [5.74, 6) is 0.318. The predicted molar refractivity (Wildman–Crippen MR) is 86.9 cm³/mol. The van der Waals surface area contributed by atoms with Crippen LogP contribution in [0.25, 0.3) is 0 Å². The lowest BCUT2D eigenvalue weighted by molar-refractivity contribution is -0.113. The van der Waals surface area contributed by atoms with Gasteiger partial charge in [0, 0.05) is 5.69 Å². The van der Waals surface area contributed by atoms with E-state index >= 15 is 0 Å². The molecule has 2 rings (SSSR count). The number of hydrogen-bond acceptors (Lipinski definition) is 6. The minimum atomic E-state index is -0.0276. The third-order valence-electron chi connectivity index (χ3n) is 2.54. The van der Waals surface area contributed by atoms with Gasteiger partial charge in [-0.15, -0.1) is 0 Å². The van der Waals surface area contributed by atoms with Crippen LogP contribution in [0, 0.1) is 0 Å². The van der Waals surface area contributed by atoms with Gasteiger partial charge in [-0.1, -0.05) is 42.6 Å². The summed E-state index contributed by atoms with van der Waals surface area (Å²) in [5.41, 5.74) is 2.09. The molecule has 0 bridgehead atoms. The zero-order valence-electron chi connectivity index (χ0n) is 11.3. The largest absolute Gasteiger partial charge is 0.325 e. The van der Waals surface area contributed by atoms with E-state index in [0.717, 1.165) is 21.6 Å². The monoisotopic (exact) mass is 325 g/mol. The third-order valence-corrected chi connectivity index (χ3v) is 5.04. The number of aryl methyl sites for hydroxylation is 1. The van der Waals surface area contributed by atoms with Crippen LogP contribution in [0.1, 0.15) is 12.5 Å². The Morgan fingerprint density at radius 1 is 1.35 bits per heavy atom. The second-order valence-electron chi connectivity index (χ2n) is 3.93. The molecule has 2 aromatic rings. The highest BCUT2D eigenvalue weighted by atomic mass is 32.2. The van der Waals surface area contributed by atoms with Crippen LogP contribution in [0.5, 0.6) is 0 Å². The molecular formula is C13H15N3OS3. The van der Waals surface area contributed by atoms with E-state index in [1.54, 1.807) is 0 Å². The van der Waals surface area contributed by atoms with Gasteiger partial charge in [0.2, 0.25) is 11.1 Å². The van der Waals surface area contributed by atoms with Crippen molar-refractivity contribution in [1.82, 2.24) is 9.36 Å². The molecule has 0 aliphatic carbocycles. The molecule has 0 aliphatic rings. The maximum absolute atomic E-state index is 11.8. The molecule has 0 saturated carbocycles. The van der Waals surface area contributed by atoms with Crippen LogP contribution in [0.3, 0.4) is 0 Å². The van der Waals surface area contributed by atoms with Crippen molar-refractivity contribution in [1.29, 1.82) is 0 Å². The molecule has 0 aliphatic heterocycles. The topological polar surface area (TPSA) is 54.9 Å². The first kappa shape index (κ1) is 15.3. The standard InChI is InChI=1S/C13H15N3OS3/c1-3-9-4-6-10(7-5-9)14-11(17)8-19-13-15-12(18-2)16-20-13/h4-7H,3,8H2,1-2H3,(H,14,17). The van der Waals surface area contributed by atoms with Crippen molar-refractivity contribution in [3.8, 4) is 0 Å². The fourth-order valence-electron chi connectivity index (χ4n) is 1.49. The summed E-state index contributed by atoms with van der Waals surface area (Å²) in [6.07, 6.45) is 2.93. The van der Waals surface area contributed by atoms with E-state index in [9.17, 15) is 4.79 Å². The Bertz CT molecular complexity index is 568. The molecule has 0 radical (unpaired) electrons. The van der Waals surface area contributed by atoms with E-state index in [4.69, 9.17) is 0 Å². The van der Waals surface area contributed by atoms with E-state index < -0.39 is 0 Å². The maximum atomic E-state index is 11.8. The normalized spacial score (nSPS) is 10.5. The lowest BCUT2D eigenvalue weighted by Gasteiger charge is -2.05. The number of nitrogens with one attached hydrogen (secondary N) is 1. The highest BCUT2D eigenvalue weighted by Crippen LogP contribution is 2.23. The molecule has 1 N–H and O–H groups in total. The number of amides is 1. The molecular weight excluding hydrogens is 310 g/mol. The Morgan fingerprint density at radius 3 is 2.70 bits per heavy atom. The van der Waals surface area contributed by atoms with Crippen molar-refractivity contribution in [2.75, 3.05) is 17.3 Å². The Balaban J connectivity index is 1.82. The van der Waals surface area contributed by atoms with E-state index in [-0.39, 0.29) is 5.91 Å².